The quantitative estimate of drug-likeness (QED) is 0.848. The van der Waals surface area contributed by atoms with Crippen LogP contribution in [0.15, 0.2) is 0 Å². The molecule has 132 valence electrons. The minimum Gasteiger partial charge on any atom is -0.339 e. The second-order valence-corrected chi connectivity index (χ2v) is 7.10. The van der Waals surface area contributed by atoms with Crippen LogP contribution in [0.3, 0.4) is 0 Å². The molecule has 2 saturated heterocycles. The van der Waals surface area contributed by atoms with Crippen LogP contribution in [0.5, 0.6) is 0 Å². The van der Waals surface area contributed by atoms with Crippen LogP contribution in [0.1, 0.15) is 44.9 Å². The number of nitrogens with one attached hydrogen (secondary N) is 1. The lowest BCUT2D eigenvalue weighted by Gasteiger charge is -2.36. The minimum absolute atomic E-state index is 0. The fraction of sp³-hybridized carbons (Fsp3) is 0.882. The third kappa shape index (κ3) is 4.83. The zero-order valence-corrected chi connectivity index (χ0v) is 14.8. The lowest BCUT2D eigenvalue weighted by atomic mass is 9.86. The first-order valence-electron chi connectivity index (χ1n) is 9.01. The molecule has 0 spiro atoms. The molecule has 3 fully saturated rings. The largest absolute Gasteiger partial charge is 0.339 e. The lowest BCUT2D eigenvalue weighted by molar-refractivity contribution is -0.142. The van der Waals surface area contributed by atoms with E-state index in [1.807, 2.05) is 9.80 Å². The predicted octanol–water partition coefficient (Wildman–Crippen LogP) is 1.66. The van der Waals surface area contributed by atoms with Gasteiger partial charge in [-0.1, -0.05) is 19.3 Å². The molecule has 3 rings (SSSR count). The van der Waals surface area contributed by atoms with Crippen LogP contribution in [-0.2, 0) is 9.59 Å². The van der Waals surface area contributed by atoms with Crippen LogP contribution in [0, 0.1) is 11.8 Å². The topological polar surface area (TPSA) is 52.7 Å². The summed E-state index contributed by atoms with van der Waals surface area (Å²) in [5.41, 5.74) is 0. The Hall–Kier alpha value is -0.810. The van der Waals surface area contributed by atoms with E-state index in [2.05, 4.69) is 5.32 Å². The van der Waals surface area contributed by atoms with Crippen LogP contribution >= 0.6 is 12.4 Å². The molecule has 1 unspecified atom stereocenters. The number of halogens is 1. The Labute approximate surface area is 145 Å². The molecule has 1 N–H and O–H groups in total. The Morgan fingerprint density at radius 2 is 1.57 bits per heavy atom. The summed E-state index contributed by atoms with van der Waals surface area (Å²) >= 11 is 0. The van der Waals surface area contributed by atoms with Gasteiger partial charge in [0.1, 0.15) is 0 Å². The molecule has 2 heterocycles. The van der Waals surface area contributed by atoms with Crippen LogP contribution < -0.4 is 5.32 Å². The first-order chi connectivity index (χ1) is 10.7. The zero-order chi connectivity index (χ0) is 15.4. The van der Waals surface area contributed by atoms with Gasteiger partial charge in [0.15, 0.2) is 0 Å². The molecule has 1 saturated carbocycles. The fourth-order valence-corrected chi connectivity index (χ4v) is 4.07. The Kier molecular flexibility index (Phi) is 7.15. The maximum absolute atomic E-state index is 12.4. The second-order valence-electron chi connectivity index (χ2n) is 7.10. The summed E-state index contributed by atoms with van der Waals surface area (Å²) in [6.07, 6.45) is 8.03. The molecule has 0 radical (unpaired) electrons. The maximum Gasteiger partial charge on any atom is 0.227 e. The van der Waals surface area contributed by atoms with Gasteiger partial charge in [-0.2, -0.15) is 0 Å². The van der Waals surface area contributed by atoms with E-state index in [4.69, 9.17) is 0 Å². The molecular formula is C17H30ClN3O2. The minimum atomic E-state index is 0. The van der Waals surface area contributed by atoms with Crippen molar-refractivity contribution in [1.29, 1.82) is 0 Å². The van der Waals surface area contributed by atoms with Crippen LogP contribution in [0.25, 0.3) is 0 Å². The van der Waals surface area contributed by atoms with E-state index in [0.29, 0.717) is 24.9 Å². The molecule has 0 aromatic heterocycles. The van der Waals surface area contributed by atoms with Crippen molar-refractivity contribution >= 4 is 24.2 Å². The molecule has 1 atom stereocenters. The monoisotopic (exact) mass is 343 g/mol. The first kappa shape index (κ1) is 18.5. The fourth-order valence-electron chi connectivity index (χ4n) is 4.07. The molecule has 5 nitrogen and oxygen atoms in total. The van der Waals surface area contributed by atoms with Crippen molar-refractivity contribution in [3.63, 3.8) is 0 Å². The van der Waals surface area contributed by atoms with Gasteiger partial charge in [-0.15, -0.1) is 12.4 Å². The molecular weight excluding hydrogens is 314 g/mol. The summed E-state index contributed by atoms with van der Waals surface area (Å²) in [4.78, 5) is 28.7. The number of piperazine rings is 1. The van der Waals surface area contributed by atoms with Gasteiger partial charge < -0.3 is 15.1 Å². The van der Waals surface area contributed by atoms with Crippen LogP contribution in [0.2, 0.25) is 0 Å². The second kappa shape index (κ2) is 8.88. The molecule has 0 aromatic carbocycles. The highest BCUT2D eigenvalue weighted by Gasteiger charge is 2.31. The van der Waals surface area contributed by atoms with Gasteiger partial charge >= 0.3 is 0 Å². The highest BCUT2D eigenvalue weighted by Crippen LogP contribution is 2.27. The van der Waals surface area contributed by atoms with Crippen LogP contribution in [-0.4, -0.2) is 60.9 Å². The number of amides is 2. The molecule has 2 aliphatic heterocycles. The average molecular weight is 344 g/mol. The standard InChI is InChI=1S/C17H29N3O2.ClH/c21-16(12-14-4-2-1-3-5-14)19-8-10-20(11-9-19)17(22)15-6-7-18-13-15;/h14-15,18H,1-13H2;1H. The number of hydrogen-bond donors (Lipinski definition) is 1. The van der Waals surface area contributed by atoms with Gasteiger partial charge in [0.05, 0.1) is 5.92 Å². The van der Waals surface area contributed by atoms with E-state index in [9.17, 15) is 9.59 Å². The number of carbonyl (C=O) groups is 2. The van der Waals surface area contributed by atoms with E-state index in [-0.39, 0.29) is 24.2 Å². The SMILES string of the molecule is Cl.O=C(CC1CCCCC1)N1CCN(C(=O)C2CCNC2)CC1. The molecule has 23 heavy (non-hydrogen) atoms. The number of nitrogens with zero attached hydrogens (tertiary/aromatic N) is 2. The van der Waals surface area contributed by atoms with E-state index in [1.165, 1.54) is 32.1 Å². The molecule has 6 heteroatoms. The van der Waals surface area contributed by atoms with Crippen molar-refractivity contribution in [3.05, 3.63) is 0 Å². The Morgan fingerprint density at radius 1 is 0.913 bits per heavy atom. The summed E-state index contributed by atoms with van der Waals surface area (Å²) in [6.45, 7) is 4.64. The van der Waals surface area contributed by atoms with E-state index in [0.717, 1.165) is 39.0 Å². The van der Waals surface area contributed by atoms with Crippen molar-refractivity contribution in [1.82, 2.24) is 15.1 Å². The molecule has 3 aliphatic rings. The summed E-state index contributed by atoms with van der Waals surface area (Å²) in [6, 6.07) is 0. The number of carbonyl (C=O) groups excluding carboxylic acids is 2. The van der Waals surface area contributed by atoms with E-state index in [1.54, 1.807) is 0 Å². The number of hydrogen-bond acceptors (Lipinski definition) is 3. The summed E-state index contributed by atoms with van der Waals surface area (Å²) in [7, 11) is 0. The highest BCUT2D eigenvalue weighted by molar-refractivity contribution is 5.85. The first-order valence-corrected chi connectivity index (χ1v) is 9.01. The van der Waals surface area contributed by atoms with Gasteiger partial charge in [-0.3, -0.25) is 9.59 Å². The molecule has 1 aliphatic carbocycles. The Morgan fingerprint density at radius 3 is 2.17 bits per heavy atom. The lowest BCUT2D eigenvalue weighted by Crippen LogP contribution is -2.52. The Balaban J connectivity index is 0.00000192. The normalized spacial score (nSPS) is 26.0. The third-order valence-electron chi connectivity index (χ3n) is 5.54. The van der Waals surface area contributed by atoms with Crippen molar-refractivity contribution in [3.8, 4) is 0 Å². The summed E-state index contributed by atoms with van der Waals surface area (Å²) in [5.74, 6) is 1.35. The highest BCUT2D eigenvalue weighted by atomic mass is 35.5. The van der Waals surface area contributed by atoms with Gasteiger partial charge in [-0.05, 0) is 31.7 Å². The van der Waals surface area contributed by atoms with Crippen LogP contribution in [0.4, 0.5) is 0 Å². The van der Waals surface area contributed by atoms with Gasteiger partial charge in [0.25, 0.3) is 0 Å². The van der Waals surface area contributed by atoms with Crippen molar-refractivity contribution < 1.29 is 9.59 Å². The predicted molar refractivity (Wildman–Crippen MR) is 92.6 cm³/mol. The third-order valence-corrected chi connectivity index (χ3v) is 5.54. The summed E-state index contributed by atoms with van der Waals surface area (Å²) in [5, 5.41) is 3.25. The van der Waals surface area contributed by atoms with Crippen molar-refractivity contribution in [2.75, 3.05) is 39.3 Å². The zero-order valence-electron chi connectivity index (χ0n) is 14.0. The van der Waals surface area contributed by atoms with Gasteiger partial charge in [-0.25, -0.2) is 0 Å². The smallest absolute Gasteiger partial charge is 0.227 e. The average Bonchev–Trinajstić information content (AvgIpc) is 3.10. The Bertz CT molecular complexity index is 399. The molecule has 2 amide bonds. The summed E-state index contributed by atoms with van der Waals surface area (Å²) < 4.78 is 0. The van der Waals surface area contributed by atoms with Gasteiger partial charge in [0.2, 0.25) is 11.8 Å². The molecule has 0 aromatic rings. The van der Waals surface area contributed by atoms with Crippen molar-refractivity contribution in [2.45, 2.75) is 44.9 Å². The van der Waals surface area contributed by atoms with Crippen molar-refractivity contribution in [2.24, 2.45) is 11.8 Å². The van der Waals surface area contributed by atoms with E-state index < -0.39 is 0 Å². The number of rotatable bonds is 3. The molecule has 0 bridgehead atoms. The maximum atomic E-state index is 12.4. The van der Waals surface area contributed by atoms with E-state index >= 15 is 0 Å². The van der Waals surface area contributed by atoms with Gasteiger partial charge in [0, 0.05) is 39.1 Å².